The van der Waals surface area contributed by atoms with Crippen molar-refractivity contribution in [3.05, 3.63) is 63.6 Å². The SMILES string of the molecule is CCC1CCCCN1C(=O)c1ccc(NC(=O)c2ccc(Cl)cc2Cl)cc1. The quantitative estimate of drug-likeness (QED) is 0.715. The van der Waals surface area contributed by atoms with Gasteiger partial charge in [-0.05, 0) is 68.1 Å². The molecule has 6 heteroatoms. The number of amides is 2. The molecule has 1 N–H and O–H groups in total. The van der Waals surface area contributed by atoms with Crippen LogP contribution in [0.5, 0.6) is 0 Å². The highest BCUT2D eigenvalue weighted by atomic mass is 35.5. The Balaban J connectivity index is 1.69. The summed E-state index contributed by atoms with van der Waals surface area (Å²) in [4.78, 5) is 27.2. The van der Waals surface area contributed by atoms with Gasteiger partial charge in [-0.1, -0.05) is 30.1 Å². The smallest absolute Gasteiger partial charge is 0.257 e. The third kappa shape index (κ3) is 4.63. The summed E-state index contributed by atoms with van der Waals surface area (Å²) in [5.41, 5.74) is 1.59. The number of hydrogen-bond acceptors (Lipinski definition) is 2. The van der Waals surface area contributed by atoms with Crippen LogP contribution < -0.4 is 5.32 Å². The molecule has 0 aromatic heterocycles. The summed E-state index contributed by atoms with van der Waals surface area (Å²) in [6.45, 7) is 2.93. The van der Waals surface area contributed by atoms with Crippen LogP contribution in [0.4, 0.5) is 5.69 Å². The number of benzene rings is 2. The second-order valence-electron chi connectivity index (χ2n) is 6.71. The molecule has 2 amide bonds. The Morgan fingerprint density at radius 1 is 1.11 bits per heavy atom. The highest BCUT2D eigenvalue weighted by Gasteiger charge is 2.26. The Morgan fingerprint density at radius 2 is 1.85 bits per heavy atom. The fourth-order valence-corrected chi connectivity index (χ4v) is 3.92. The summed E-state index contributed by atoms with van der Waals surface area (Å²) < 4.78 is 0. The van der Waals surface area contributed by atoms with Crippen LogP contribution >= 0.6 is 23.2 Å². The Kier molecular flexibility index (Phi) is 6.40. The van der Waals surface area contributed by atoms with Crippen molar-refractivity contribution in [3.63, 3.8) is 0 Å². The molecule has 1 aliphatic rings. The van der Waals surface area contributed by atoms with E-state index in [0.29, 0.717) is 32.9 Å². The average Bonchev–Trinajstić information content (AvgIpc) is 2.68. The van der Waals surface area contributed by atoms with Crippen LogP contribution in [0.25, 0.3) is 0 Å². The molecule has 2 aromatic rings. The molecule has 0 aliphatic carbocycles. The van der Waals surface area contributed by atoms with E-state index in [1.54, 1.807) is 36.4 Å². The average molecular weight is 405 g/mol. The second kappa shape index (κ2) is 8.77. The molecule has 1 heterocycles. The standard InChI is InChI=1S/C21H22Cl2N2O2/c1-2-17-5-3-4-12-25(17)21(27)14-6-9-16(10-7-14)24-20(26)18-11-8-15(22)13-19(18)23/h6-11,13,17H,2-5,12H2,1H3,(H,24,26). The van der Waals surface area contributed by atoms with Gasteiger partial charge < -0.3 is 10.2 Å². The summed E-state index contributed by atoms with van der Waals surface area (Å²) in [7, 11) is 0. The van der Waals surface area contributed by atoms with Gasteiger partial charge in [0.2, 0.25) is 0 Å². The lowest BCUT2D eigenvalue weighted by atomic mass is 9.99. The number of hydrogen-bond donors (Lipinski definition) is 1. The van der Waals surface area contributed by atoms with E-state index in [4.69, 9.17) is 23.2 Å². The van der Waals surface area contributed by atoms with E-state index in [9.17, 15) is 9.59 Å². The number of piperidine rings is 1. The Bertz CT molecular complexity index is 837. The summed E-state index contributed by atoms with van der Waals surface area (Å²) in [5.74, 6) is -0.266. The molecule has 4 nitrogen and oxygen atoms in total. The summed E-state index contributed by atoms with van der Waals surface area (Å²) in [6, 6.07) is 12.0. The van der Waals surface area contributed by atoms with Gasteiger partial charge in [0.05, 0.1) is 10.6 Å². The zero-order valence-corrected chi connectivity index (χ0v) is 16.7. The van der Waals surface area contributed by atoms with Gasteiger partial charge in [0.1, 0.15) is 0 Å². The van der Waals surface area contributed by atoms with Crippen molar-refractivity contribution in [2.45, 2.75) is 38.6 Å². The van der Waals surface area contributed by atoms with E-state index in [1.165, 1.54) is 12.5 Å². The fraction of sp³-hybridized carbons (Fsp3) is 0.333. The van der Waals surface area contributed by atoms with Crippen LogP contribution in [-0.2, 0) is 0 Å². The largest absolute Gasteiger partial charge is 0.336 e. The lowest BCUT2D eigenvalue weighted by Gasteiger charge is -2.35. The molecule has 0 bridgehead atoms. The molecular weight excluding hydrogens is 383 g/mol. The lowest BCUT2D eigenvalue weighted by Crippen LogP contribution is -2.43. The van der Waals surface area contributed by atoms with E-state index >= 15 is 0 Å². The van der Waals surface area contributed by atoms with Crippen molar-refractivity contribution < 1.29 is 9.59 Å². The van der Waals surface area contributed by atoms with E-state index < -0.39 is 0 Å². The van der Waals surface area contributed by atoms with Gasteiger partial charge in [0.25, 0.3) is 11.8 Å². The molecule has 0 saturated carbocycles. The maximum absolute atomic E-state index is 12.8. The minimum absolute atomic E-state index is 0.0557. The molecule has 1 atom stereocenters. The molecule has 1 unspecified atom stereocenters. The Morgan fingerprint density at radius 3 is 2.52 bits per heavy atom. The van der Waals surface area contributed by atoms with Crippen LogP contribution in [-0.4, -0.2) is 29.3 Å². The van der Waals surface area contributed by atoms with Gasteiger partial charge in [0, 0.05) is 28.9 Å². The minimum Gasteiger partial charge on any atom is -0.336 e. The van der Waals surface area contributed by atoms with E-state index in [0.717, 1.165) is 25.8 Å². The van der Waals surface area contributed by atoms with Crippen LogP contribution in [0.3, 0.4) is 0 Å². The normalized spacial score (nSPS) is 16.9. The van der Waals surface area contributed by atoms with Crippen molar-refractivity contribution in [3.8, 4) is 0 Å². The monoisotopic (exact) mass is 404 g/mol. The predicted molar refractivity (Wildman–Crippen MR) is 110 cm³/mol. The van der Waals surface area contributed by atoms with Crippen molar-refractivity contribution >= 4 is 40.7 Å². The summed E-state index contributed by atoms with van der Waals surface area (Å²) in [5, 5.41) is 3.56. The van der Waals surface area contributed by atoms with Crippen molar-refractivity contribution in [1.82, 2.24) is 4.90 Å². The first kappa shape index (κ1) is 19.7. The van der Waals surface area contributed by atoms with E-state index in [1.807, 2.05) is 4.90 Å². The zero-order chi connectivity index (χ0) is 19.4. The van der Waals surface area contributed by atoms with Crippen LogP contribution in [0.15, 0.2) is 42.5 Å². The number of halogens is 2. The topological polar surface area (TPSA) is 49.4 Å². The van der Waals surface area contributed by atoms with Gasteiger partial charge in [-0.3, -0.25) is 9.59 Å². The fourth-order valence-electron chi connectivity index (χ4n) is 3.43. The van der Waals surface area contributed by atoms with Crippen LogP contribution in [0.2, 0.25) is 10.0 Å². The first-order valence-electron chi connectivity index (χ1n) is 9.17. The highest BCUT2D eigenvalue weighted by Crippen LogP contribution is 2.24. The highest BCUT2D eigenvalue weighted by molar-refractivity contribution is 6.37. The zero-order valence-electron chi connectivity index (χ0n) is 15.2. The molecule has 1 saturated heterocycles. The summed E-state index contributed by atoms with van der Waals surface area (Å²) in [6.07, 6.45) is 4.28. The number of anilines is 1. The summed E-state index contributed by atoms with van der Waals surface area (Å²) >= 11 is 11.9. The third-order valence-corrected chi connectivity index (χ3v) is 5.47. The van der Waals surface area contributed by atoms with E-state index in [-0.39, 0.29) is 11.8 Å². The number of carbonyl (C=O) groups is 2. The van der Waals surface area contributed by atoms with Crippen molar-refractivity contribution in [2.24, 2.45) is 0 Å². The third-order valence-electron chi connectivity index (χ3n) is 4.92. The maximum Gasteiger partial charge on any atom is 0.257 e. The van der Waals surface area contributed by atoms with Gasteiger partial charge in [-0.15, -0.1) is 0 Å². The molecule has 1 aliphatic heterocycles. The number of likely N-dealkylation sites (tertiary alicyclic amines) is 1. The molecule has 142 valence electrons. The number of nitrogens with zero attached hydrogens (tertiary/aromatic N) is 1. The van der Waals surface area contributed by atoms with E-state index in [2.05, 4.69) is 12.2 Å². The van der Waals surface area contributed by atoms with Crippen molar-refractivity contribution in [1.29, 1.82) is 0 Å². The van der Waals surface area contributed by atoms with Gasteiger partial charge in [0.15, 0.2) is 0 Å². The maximum atomic E-state index is 12.8. The number of nitrogens with one attached hydrogen (secondary N) is 1. The van der Waals surface area contributed by atoms with Gasteiger partial charge in [-0.2, -0.15) is 0 Å². The van der Waals surface area contributed by atoms with Gasteiger partial charge in [-0.25, -0.2) is 0 Å². The predicted octanol–water partition coefficient (Wildman–Crippen LogP) is 5.65. The Hall–Kier alpha value is -2.04. The van der Waals surface area contributed by atoms with Crippen LogP contribution in [0.1, 0.15) is 53.3 Å². The molecule has 27 heavy (non-hydrogen) atoms. The lowest BCUT2D eigenvalue weighted by molar-refractivity contribution is 0.0608. The number of rotatable bonds is 4. The first-order valence-corrected chi connectivity index (χ1v) is 9.92. The molecule has 3 rings (SSSR count). The molecule has 1 fully saturated rings. The molecule has 2 aromatic carbocycles. The number of carbonyl (C=O) groups excluding carboxylic acids is 2. The van der Waals surface area contributed by atoms with Gasteiger partial charge >= 0.3 is 0 Å². The first-order chi connectivity index (χ1) is 13.0. The molecular formula is C21H22Cl2N2O2. The van der Waals surface area contributed by atoms with Crippen LogP contribution in [0, 0.1) is 0 Å². The van der Waals surface area contributed by atoms with Crippen molar-refractivity contribution in [2.75, 3.05) is 11.9 Å². The molecule has 0 radical (unpaired) electrons. The Labute approximate surface area is 169 Å². The second-order valence-corrected chi connectivity index (χ2v) is 7.56. The minimum atomic E-state index is -0.321. The molecule has 0 spiro atoms.